The van der Waals surface area contributed by atoms with Crippen LogP contribution in [0.1, 0.15) is 25.7 Å². The van der Waals surface area contributed by atoms with Gasteiger partial charge < -0.3 is 9.69 Å². The third-order valence-electron chi connectivity index (χ3n) is 2.34. The Morgan fingerprint density at radius 1 is 1.62 bits per heavy atom. The summed E-state index contributed by atoms with van der Waals surface area (Å²) < 4.78 is 0. The molecule has 1 atom stereocenters. The summed E-state index contributed by atoms with van der Waals surface area (Å²) >= 11 is 0. The van der Waals surface area contributed by atoms with E-state index < -0.39 is 0 Å². The number of rotatable bonds is 5. The highest BCUT2D eigenvalue weighted by Crippen LogP contribution is 2.17. The van der Waals surface area contributed by atoms with Crippen molar-refractivity contribution in [2.75, 3.05) is 6.54 Å². The molecule has 0 aromatic carbocycles. The van der Waals surface area contributed by atoms with Gasteiger partial charge in [-0.1, -0.05) is 6.08 Å². The molecule has 0 radical (unpaired) electrons. The van der Waals surface area contributed by atoms with E-state index in [0.717, 1.165) is 19.1 Å². The third-order valence-corrected chi connectivity index (χ3v) is 2.34. The van der Waals surface area contributed by atoms with Gasteiger partial charge >= 0.3 is 0 Å². The number of likely N-dealkylation sites (tertiary alicyclic amines) is 1. The second-order valence-electron chi connectivity index (χ2n) is 3.26. The summed E-state index contributed by atoms with van der Waals surface area (Å²) in [6, 6.07) is -0.169. The zero-order valence-corrected chi connectivity index (χ0v) is 7.74. The minimum absolute atomic E-state index is 0.112. The van der Waals surface area contributed by atoms with Crippen molar-refractivity contribution in [3.05, 3.63) is 12.7 Å². The molecule has 13 heavy (non-hydrogen) atoms. The third kappa shape index (κ3) is 2.41. The van der Waals surface area contributed by atoms with Gasteiger partial charge in [-0.05, 0) is 19.3 Å². The summed E-state index contributed by atoms with van der Waals surface area (Å²) in [5, 5.41) is 0. The highest BCUT2D eigenvalue weighted by molar-refractivity contribution is 5.83. The molecule has 1 heterocycles. The average molecular weight is 181 g/mol. The SMILES string of the molecule is C=CCCCN1C(=O)CC[C@H]1C=O. The smallest absolute Gasteiger partial charge is 0.223 e. The number of nitrogens with zero attached hydrogens (tertiary/aromatic N) is 1. The second kappa shape index (κ2) is 4.80. The molecule has 1 amide bonds. The van der Waals surface area contributed by atoms with Crippen LogP contribution in [0.4, 0.5) is 0 Å². The first kappa shape index (κ1) is 9.96. The first-order chi connectivity index (χ1) is 6.29. The Morgan fingerprint density at radius 3 is 3.00 bits per heavy atom. The van der Waals surface area contributed by atoms with Gasteiger partial charge in [-0.3, -0.25) is 4.79 Å². The van der Waals surface area contributed by atoms with Gasteiger partial charge in [-0.2, -0.15) is 0 Å². The van der Waals surface area contributed by atoms with Crippen molar-refractivity contribution in [2.45, 2.75) is 31.7 Å². The molecule has 0 spiro atoms. The van der Waals surface area contributed by atoms with Crippen molar-refractivity contribution in [2.24, 2.45) is 0 Å². The van der Waals surface area contributed by atoms with E-state index in [1.807, 2.05) is 6.08 Å². The number of amides is 1. The van der Waals surface area contributed by atoms with Gasteiger partial charge in [0.1, 0.15) is 6.29 Å². The standard InChI is InChI=1S/C10H15NO2/c1-2-3-4-7-11-9(8-12)5-6-10(11)13/h2,8-9H,1,3-7H2/t9-/m0/s1. The Hall–Kier alpha value is -1.12. The van der Waals surface area contributed by atoms with Gasteiger partial charge in [0.25, 0.3) is 0 Å². The van der Waals surface area contributed by atoms with Crippen molar-refractivity contribution < 1.29 is 9.59 Å². The van der Waals surface area contributed by atoms with E-state index in [1.165, 1.54) is 0 Å². The number of allylic oxidation sites excluding steroid dienone is 1. The van der Waals surface area contributed by atoms with Crippen LogP contribution in [0, 0.1) is 0 Å². The molecule has 72 valence electrons. The van der Waals surface area contributed by atoms with Crippen LogP contribution in [-0.2, 0) is 9.59 Å². The molecular weight excluding hydrogens is 166 g/mol. The van der Waals surface area contributed by atoms with Gasteiger partial charge in [0.05, 0.1) is 6.04 Å². The monoisotopic (exact) mass is 181 g/mol. The lowest BCUT2D eigenvalue weighted by Gasteiger charge is -2.19. The lowest BCUT2D eigenvalue weighted by Crippen LogP contribution is -2.34. The molecule has 0 aromatic rings. The Labute approximate surface area is 78.4 Å². The molecular formula is C10H15NO2. The van der Waals surface area contributed by atoms with Crippen LogP contribution in [-0.4, -0.2) is 29.7 Å². The van der Waals surface area contributed by atoms with E-state index in [2.05, 4.69) is 6.58 Å². The lowest BCUT2D eigenvalue weighted by molar-refractivity contribution is -0.131. The summed E-state index contributed by atoms with van der Waals surface area (Å²) in [5.74, 6) is 0.112. The van der Waals surface area contributed by atoms with Crippen LogP contribution in [0.3, 0.4) is 0 Å². The van der Waals surface area contributed by atoms with Crippen molar-refractivity contribution in [1.82, 2.24) is 4.90 Å². The number of aldehydes is 1. The fourth-order valence-corrected chi connectivity index (χ4v) is 1.59. The summed E-state index contributed by atoms with van der Waals surface area (Å²) in [4.78, 5) is 23.5. The molecule has 0 aliphatic carbocycles. The minimum atomic E-state index is -0.169. The molecule has 0 aromatic heterocycles. The van der Waals surface area contributed by atoms with E-state index in [9.17, 15) is 9.59 Å². The summed E-state index contributed by atoms with van der Waals surface area (Å²) in [7, 11) is 0. The Kier molecular flexibility index (Phi) is 3.68. The topological polar surface area (TPSA) is 37.4 Å². The molecule has 1 aliphatic heterocycles. The van der Waals surface area contributed by atoms with Gasteiger partial charge in [0, 0.05) is 13.0 Å². The molecule has 0 unspecified atom stereocenters. The Morgan fingerprint density at radius 2 is 2.38 bits per heavy atom. The molecule has 1 saturated heterocycles. The van der Waals surface area contributed by atoms with Gasteiger partial charge in [-0.15, -0.1) is 6.58 Å². The van der Waals surface area contributed by atoms with Gasteiger partial charge in [0.15, 0.2) is 0 Å². The van der Waals surface area contributed by atoms with E-state index in [-0.39, 0.29) is 11.9 Å². The highest BCUT2D eigenvalue weighted by Gasteiger charge is 2.29. The minimum Gasteiger partial charge on any atom is -0.333 e. The van der Waals surface area contributed by atoms with Crippen molar-refractivity contribution in [3.8, 4) is 0 Å². The normalized spacial score (nSPS) is 22.0. The largest absolute Gasteiger partial charge is 0.333 e. The predicted octanol–water partition coefficient (Wildman–Crippen LogP) is 1.14. The molecule has 0 saturated carbocycles. The fraction of sp³-hybridized carbons (Fsp3) is 0.600. The summed E-state index contributed by atoms with van der Waals surface area (Å²) in [6.45, 7) is 4.30. The van der Waals surface area contributed by atoms with Crippen molar-refractivity contribution in [1.29, 1.82) is 0 Å². The van der Waals surface area contributed by atoms with E-state index in [0.29, 0.717) is 19.4 Å². The molecule has 0 N–H and O–H groups in total. The van der Waals surface area contributed by atoms with Gasteiger partial charge in [-0.25, -0.2) is 0 Å². The lowest BCUT2D eigenvalue weighted by atomic mass is 10.2. The Bertz CT molecular complexity index is 213. The fourth-order valence-electron chi connectivity index (χ4n) is 1.59. The molecule has 1 aliphatic rings. The van der Waals surface area contributed by atoms with E-state index in [1.54, 1.807) is 4.90 Å². The van der Waals surface area contributed by atoms with Gasteiger partial charge in [0.2, 0.25) is 5.91 Å². The summed E-state index contributed by atoms with van der Waals surface area (Å²) in [5.41, 5.74) is 0. The van der Waals surface area contributed by atoms with Crippen LogP contribution in [0.2, 0.25) is 0 Å². The van der Waals surface area contributed by atoms with E-state index >= 15 is 0 Å². The maximum absolute atomic E-state index is 11.3. The Balaban J connectivity index is 2.40. The maximum Gasteiger partial charge on any atom is 0.223 e. The number of carbonyl (C=O) groups excluding carboxylic acids is 2. The number of unbranched alkanes of at least 4 members (excludes halogenated alkanes) is 1. The zero-order chi connectivity index (χ0) is 9.68. The summed E-state index contributed by atoms with van der Waals surface area (Å²) in [6.07, 6.45) is 5.72. The molecule has 1 fully saturated rings. The average Bonchev–Trinajstić information content (AvgIpc) is 2.48. The van der Waals surface area contributed by atoms with Crippen molar-refractivity contribution in [3.63, 3.8) is 0 Å². The molecule has 0 bridgehead atoms. The number of hydrogen-bond donors (Lipinski definition) is 0. The number of hydrogen-bond acceptors (Lipinski definition) is 2. The van der Waals surface area contributed by atoms with Crippen LogP contribution in [0.5, 0.6) is 0 Å². The first-order valence-electron chi connectivity index (χ1n) is 4.65. The molecule has 3 heteroatoms. The van der Waals surface area contributed by atoms with Crippen LogP contribution in [0.25, 0.3) is 0 Å². The first-order valence-corrected chi connectivity index (χ1v) is 4.65. The molecule has 3 nitrogen and oxygen atoms in total. The zero-order valence-electron chi connectivity index (χ0n) is 7.74. The maximum atomic E-state index is 11.3. The highest BCUT2D eigenvalue weighted by atomic mass is 16.2. The predicted molar refractivity (Wildman–Crippen MR) is 50.2 cm³/mol. The van der Waals surface area contributed by atoms with Crippen LogP contribution in [0.15, 0.2) is 12.7 Å². The second-order valence-corrected chi connectivity index (χ2v) is 3.26. The molecule has 1 rings (SSSR count). The van der Waals surface area contributed by atoms with Crippen LogP contribution < -0.4 is 0 Å². The quantitative estimate of drug-likeness (QED) is 0.362. The van der Waals surface area contributed by atoms with E-state index in [4.69, 9.17) is 0 Å². The van der Waals surface area contributed by atoms with Crippen LogP contribution >= 0.6 is 0 Å². The number of carbonyl (C=O) groups is 2. The van der Waals surface area contributed by atoms with Crippen molar-refractivity contribution >= 4 is 12.2 Å².